The van der Waals surface area contributed by atoms with E-state index in [1.54, 1.807) is 6.92 Å². The third-order valence-electron chi connectivity index (χ3n) is 3.80. The molecule has 0 saturated carbocycles. The van der Waals surface area contributed by atoms with E-state index in [9.17, 15) is 4.79 Å². The van der Waals surface area contributed by atoms with Gasteiger partial charge in [-0.3, -0.25) is 4.79 Å². The number of carbonyl (C=O) groups is 1. The number of likely N-dealkylation sites (N-methyl/N-ethyl adjacent to an activating group) is 1. The van der Waals surface area contributed by atoms with E-state index in [1.165, 1.54) is 5.56 Å². The lowest BCUT2D eigenvalue weighted by molar-refractivity contribution is -0.112. The van der Waals surface area contributed by atoms with Crippen LogP contribution in [0.2, 0.25) is 0 Å². The van der Waals surface area contributed by atoms with Crippen LogP contribution >= 0.6 is 0 Å². The first-order chi connectivity index (χ1) is 8.75. The highest BCUT2D eigenvalue weighted by Crippen LogP contribution is 2.46. The van der Waals surface area contributed by atoms with E-state index >= 15 is 0 Å². The molecule has 0 fully saturated rings. The van der Waals surface area contributed by atoms with Gasteiger partial charge < -0.3 is 10.2 Å². The first kappa shape index (κ1) is 13.4. The Morgan fingerprint density at radius 1 is 1.37 bits per heavy atom. The van der Waals surface area contributed by atoms with Gasteiger partial charge in [0.05, 0.1) is 0 Å². The fraction of sp³-hybridized carbons (Fsp3) is 0.312. The van der Waals surface area contributed by atoms with Crippen LogP contribution in [0, 0.1) is 0 Å². The van der Waals surface area contributed by atoms with Crippen molar-refractivity contribution in [2.24, 2.45) is 0 Å². The van der Waals surface area contributed by atoms with Crippen LogP contribution in [0.4, 0.5) is 11.4 Å². The minimum absolute atomic E-state index is 0.117. The van der Waals surface area contributed by atoms with Crippen molar-refractivity contribution < 1.29 is 4.79 Å². The summed E-state index contributed by atoms with van der Waals surface area (Å²) >= 11 is 0. The fourth-order valence-corrected chi connectivity index (χ4v) is 2.36. The van der Waals surface area contributed by atoms with Crippen LogP contribution in [0.5, 0.6) is 0 Å². The molecule has 1 aliphatic heterocycles. The molecule has 1 N–H and O–H groups in total. The summed E-state index contributed by atoms with van der Waals surface area (Å²) in [6.07, 6.45) is 0. The number of nitrogens with one attached hydrogen (secondary N) is 1. The van der Waals surface area contributed by atoms with E-state index in [-0.39, 0.29) is 11.3 Å². The van der Waals surface area contributed by atoms with Gasteiger partial charge in [-0.1, -0.05) is 27.0 Å². The van der Waals surface area contributed by atoms with Crippen LogP contribution in [0.15, 0.2) is 42.6 Å². The van der Waals surface area contributed by atoms with Crippen LogP contribution in [0.1, 0.15) is 26.3 Å². The predicted molar refractivity (Wildman–Crippen MR) is 80.5 cm³/mol. The van der Waals surface area contributed by atoms with Gasteiger partial charge in [0.1, 0.15) is 0 Å². The van der Waals surface area contributed by atoms with Crippen LogP contribution in [-0.4, -0.2) is 13.0 Å². The van der Waals surface area contributed by atoms with Gasteiger partial charge in [-0.05, 0) is 30.7 Å². The highest BCUT2D eigenvalue weighted by Gasteiger charge is 2.37. The second kappa shape index (κ2) is 4.26. The Bertz CT molecular complexity index is 584. The lowest BCUT2D eigenvalue weighted by Crippen LogP contribution is -2.21. The topological polar surface area (TPSA) is 32.3 Å². The lowest BCUT2D eigenvalue weighted by atomic mass is 9.84. The lowest BCUT2D eigenvalue weighted by Gasteiger charge is -2.22. The highest BCUT2D eigenvalue weighted by molar-refractivity contribution is 6.03. The summed E-state index contributed by atoms with van der Waals surface area (Å²) in [6.45, 7) is 13.8. The van der Waals surface area contributed by atoms with Crippen LogP contribution in [0.3, 0.4) is 0 Å². The molecule has 1 amide bonds. The van der Waals surface area contributed by atoms with Crippen LogP contribution in [-0.2, 0) is 10.2 Å². The van der Waals surface area contributed by atoms with Gasteiger partial charge in [-0.15, -0.1) is 0 Å². The number of rotatable bonds is 2. The van der Waals surface area contributed by atoms with E-state index < -0.39 is 0 Å². The molecule has 0 radical (unpaired) electrons. The SMILES string of the molecule is C=C(C)C(=O)Nc1ccc2c(c1)C(C)(C)C(=C)N2C. The number of hydrogen-bond donors (Lipinski definition) is 1. The van der Waals surface area contributed by atoms with Gasteiger partial charge in [0.25, 0.3) is 5.91 Å². The second-order valence-electron chi connectivity index (χ2n) is 5.60. The highest BCUT2D eigenvalue weighted by atomic mass is 16.1. The zero-order valence-electron chi connectivity index (χ0n) is 12.0. The normalized spacial score (nSPS) is 16.2. The molecule has 0 spiro atoms. The summed E-state index contributed by atoms with van der Waals surface area (Å²) in [5.74, 6) is -0.150. The summed E-state index contributed by atoms with van der Waals surface area (Å²) < 4.78 is 0. The average Bonchev–Trinajstić information content (AvgIpc) is 2.51. The molecule has 0 atom stereocenters. The van der Waals surface area contributed by atoms with Crippen molar-refractivity contribution in [2.75, 3.05) is 17.3 Å². The molecular weight excluding hydrogens is 236 g/mol. The van der Waals surface area contributed by atoms with E-state index in [0.29, 0.717) is 5.57 Å². The van der Waals surface area contributed by atoms with Gasteiger partial charge >= 0.3 is 0 Å². The Labute approximate surface area is 114 Å². The molecule has 19 heavy (non-hydrogen) atoms. The Morgan fingerprint density at radius 3 is 2.58 bits per heavy atom. The molecule has 0 aliphatic carbocycles. The standard InChI is InChI=1S/C16H20N2O/c1-10(2)15(19)17-12-7-8-14-13(9-12)16(4,5)11(3)18(14)6/h7-9H,1,3H2,2,4-6H3,(H,17,19). The van der Waals surface area contributed by atoms with Crippen LogP contribution < -0.4 is 10.2 Å². The average molecular weight is 256 g/mol. The van der Waals surface area contributed by atoms with E-state index in [1.807, 2.05) is 25.2 Å². The molecule has 2 rings (SSSR count). The molecule has 0 bridgehead atoms. The zero-order chi connectivity index (χ0) is 14.4. The van der Waals surface area contributed by atoms with Crippen molar-refractivity contribution in [3.8, 4) is 0 Å². The number of benzene rings is 1. The Kier molecular flexibility index (Phi) is 3.01. The van der Waals surface area contributed by atoms with Crippen molar-refractivity contribution in [3.05, 3.63) is 48.2 Å². The fourth-order valence-electron chi connectivity index (χ4n) is 2.36. The van der Waals surface area contributed by atoms with Crippen molar-refractivity contribution in [3.63, 3.8) is 0 Å². The number of anilines is 2. The summed E-state index contributed by atoms with van der Waals surface area (Å²) in [6, 6.07) is 5.94. The number of amides is 1. The molecule has 1 aromatic carbocycles. The predicted octanol–water partition coefficient (Wildman–Crippen LogP) is 3.44. The summed E-state index contributed by atoms with van der Waals surface area (Å²) in [4.78, 5) is 13.8. The molecule has 1 aromatic rings. The third kappa shape index (κ3) is 2.05. The zero-order valence-corrected chi connectivity index (χ0v) is 12.0. The number of fused-ring (bicyclic) bond motifs is 1. The first-order valence-electron chi connectivity index (χ1n) is 6.29. The van der Waals surface area contributed by atoms with Crippen molar-refractivity contribution in [2.45, 2.75) is 26.2 Å². The Morgan fingerprint density at radius 2 is 2.00 bits per heavy atom. The number of hydrogen-bond acceptors (Lipinski definition) is 2. The minimum atomic E-state index is -0.150. The largest absolute Gasteiger partial charge is 0.348 e. The Hall–Kier alpha value is -2.03. The molecule has 1 heterocycles. The van der Waals surface area contributed by atoms with Gasteiger partial charge in [0.2, 0.25) is 0 Å². The molecule has 0 aromatic heterocycles. The molecule has 0 saturated heterocycles. The molecule has 100 valence electrons. The first-order valence-corrected chi connectivity index (χ1v) is 6.29. The number of carbonyl (C=O) groups excluding carboxylic acids is 1. The molecule has 0 unspecified atom stereocenters. The molecule has 1 aliphatic rings. The molecular formula is C16H20N2O. The van der Waals surface area contributed by atoms with Crippen molar-refractivity contribution in [1.29, 1.82) is 0 Å². The maximum absolute atomic E-state index is 11.7. The van der Waals surface area contributed by atoms with Crippen molar-refractivity contribution >= 4 is 17.3 Å². The summed E-state index contributed by atoms with van der Waals surface area (Å²) in [5, 5.41) is 2.85. The number of allylic oxidation sites excluding steroid dienone is 1. The van der Waals surface area contributed by atoms with Gasteiger partial charge in [0, 0.05) is 35.1 Å². The quantitative estimate of drug-likeness (QED) is 0.822. The second-order valence-corrected chi connectivity index (χ2v) is 5.60. The minimum Gasteiger partial charge on any atom is -0.348 e. The third-order valence-corrected chi connectivity index (χ3v) is 3.80. The van der Waals surface area contributed by atoms with Gasteiger partial charge in [-0.2, -0.15) is 0 Å². The van der Waals surface area contributed by atoms with Gasteiger partial charge in [0.15, 0.2) is 0 Å². The van der Waals surface area contributed by atoms with E-state index in [2.05, 4.69) is 37.2 Å². The van der Waals surface area contributed by atoms with Crippen molar-refractivity contribution in [1.82, 2.24) is 0 Å². The van der Waals surface area contributed by atoms with E-state index in [4.69, 9.17) is 0 Å². The molecule has 3 nitrogen and oxygen atoms in total. The summed E-state index contributed by atoms with van der Waals surface area (Å²) in [7, 11) is 2.02. The maximum atomic E-state index is 11.7. The monoisotopic (exact) mass is 256 g/mol. The van der Waals surface area contributed by atoms with Crippen LogP contribution in [0.25, 0.3) is 0 Å². The smallest absolute Gasteiger partial charge is 0.250 e. The maximum Gasteiger partial charge on any atom is 0.250 e. The van der Waals surface area contributed by atoms with E-state index in [0.717, 1.165) is 17.1 Å². The van der Waals surface area contributed by atoms with Gasteiger partial charge in [-0.25, -0.2) is 0 Å². The Balaban J connectivity index is 2.41. The summed E-state index contributed by atoms with van der Waals surface area (Å²) in [5.41, 5.74) is 4.56. The number of nitrogens with zero attached hydrogens (tertiary/aromatic N) is 1. The molecule has 3 heteroatoms.